The number of benzene rings is 1. The number of amides is 2. The normalized spacial score (nSPS) is 29.6. The van der Waals surface area contributed by atoms with Crippen molar-refractivity contribution in [3.8, 4) is 0 Å². The number of carbonyl (C=O) groups excluding carboxylic acids is 2. The van der Waals surface area contributed by atoms with Gasteiger partial charge in [0, 0.05) is 37.4 Å². The van der Waals surface area contributed by atoms with Gasteiger partial charge in [-0.2, -0.15) is 0 Å². The van der Waals surface area contributed by atoms with Gasteiger partial charge in [-0.15, -0.1) is 0 Å². The molecule has 5 aliphatic rings. The van der Waals surface area contributed by atoms with Gasteiger partial charge >= 0.3 is 13.2 Å². The third-order valence-electron chi connectivity index (χ3n) is 10.9. The van der Waals surface area contributed by atoms with E-state index in [1.54, 1.807) is 4.90 Å². The Hall–Kier alpha value is -2.10. The summed E-state index contributed by atoms with van der Waals surface area (Å²) in [5.74, 6) is 0.192. The van der Waals surface area contributed by atoms with Gasteiger partial charge in [-0.1, -0.05) is 26.0 Å². The van der Waals surface area contributed by atoms with Gasteiger partial charge in [0.25, 0.3) is 0 Å². The standard InChI is InChI=1S/C33H50BN3O5/c1-29(2,3)40-28(39)35-16-13-33(14-17-35)25-11-10-22(34-41-31(6,7)32(8,9)42-34)18-26(25)37(27(33)38)24-19-23(20-24)36-15-12-30(4,5)21-36/h10-11,18,23-24H,12-17,19-21H2,1-9H3. The molecular formula is C33H50BN3O5. The van der Waals surface area contributed by atoms with Crippen molar-refractivity contribution in [3.63, 3.8) is 0 Å². The number of likely N-dealkylation sites (tertiary alicyclic amines) is 2. The summed E-state index contributed by atoms with van der Waals surface area (Å²) in [5, 5.41) is 0. The molecule has 230 valence electrons. The Bertz CT molecular complexity index is 1240. The van der Waals surface area contributed by atoms with Crippen molar-refractivity contribution in [2.45, 2.75) is 129 Å². The Morgan fingerprint density at radius 3 is 2.10 bits per heavy atom. The zero-order chi connectivity index (χ0) is 30.5. The van der Waals surface area contributed by atoms with Crippen LogP contribution < -0.4 is 10.4 Å². The van der Waals surface area contributed by atoms with Crippen LogP contribution in [-0.2, 0) is 24.3 Å². The number of nitrogens with zero attached hydrogens (tertiary/aromatic N) is 3. The van der Waals surface area contributed by atoms with Crippen molar-refractivity contribution < 1.29 is 23.6 Å². The summed E-state index contributed by atoms with van der Waals surface area (Å²) >= 11 is 0. The van der Waals surface area contributed by atoms with Crippen molar-refractivity contribution in [3.05, 3.63) is 23.8 Å². The molecule has 3 saturated heterocycles. The highest BCUT2D eigenvalue weighted by Gasteiger charge is 2.57. The molecule has 0 aromatic heterocycles. The molecule has 1 aromatic carbocycles. The lowest BCUT2D eigenvalue weighted by Crippen LogP contribution is -2.58. The van der Waals surface area contributed by atoms with Crippen molar-refractivity contribution in [1.82, 2.24) is 9.80 Å². The molecule has 2 amide bonds. The first-order valence-corrected chi connectivity index (χ1v) is 16.0. The van der Waals surface area contributed by atoms with Crippen LogP contribution in [-0.4, -0.2) is 84.0 Å². The predicted molar refractivity (Wildman–Crippen MR) is 165 cm³/mol. The van der Waals surface area contributed by atoms with Gasteiger partial charge < -0.3 is 23.8 Å². The second-order valence-electron chi connectivity index (χ2n) is 16.3. The maximum absolute atomic E-state index is 14.6. The summed E-state index contributed by atoms with van der Waals surface area (Å²) in [7, 11) is -0.483. The molecule has 1 aliphatic carbocycles. The molecule has 8 nitrogen and oxygen atoms in total. The molecule has 0 N–H and O–H groups in total. The maximum Gasteiger partial charge on any atom is 0.494 e. The lowest BCUT2D eigenvalue weighted by atomic mass is 9.71. The van der Waals surface area contributed by atoms with Crippen LogP contribution in [0.3, 0.4) is 0 Å². The highest BCUT2D eigenvalue weighted by atomic mass is 16.7. The topological polar surface area (TPSA) is 71.6 Å². The molecule has 4 fully saturated rings. The van der Waals surface area contributed by atoms with E-state index in [-0.39, 0.29) is 18.0 Å². The minimum absolute atomic E-state index is 0.182. The summed E-state index contributed by atoms with van der Waals surface area (Å²) in [6, 6.07) is 7.08. The molecule has 1 aromatic rings. The third-order valence-corrected chi connectivity index (χ3v) is 10.9. The first kappa shape index (κ1) is 30.0. The lowest BCUT2D eigenvalue weighted by Gasteiger charge is -2.46. The molecule has 4 aliphatic heterocycles. The number of ether oxygens (including phenoxy) is 1. The number of rotatable bonds is 3. The van der Waals surface area contributed by atoms with Gasteiger partial charge in [0.15, 0.2) is 0 Å². The summed E-state index contributed by atoms with van der Waals surface area (Å²) < 4.78 is 18.5. The Morgan fingerprint density at radius 1 is 0.929 bits per heavy atom. The number of piperidine rings is 1. The Labute approximate surface area is 252 Å². The molecular weight excluding hydrogens is 529 g/mol. The van der Waals surface area contributed by atoms with Gasteiger partial charge in [0.05, 0.1) is 16.6 Å². The highest BCUT2D eigenvalue weighted by molar-refractivity contribution is 6.62. The molecule has 1 saturated carbocycles. The van der Waals surface area contributed by atoms with Crippen LogP contribution in [0.2, 0.25) is 0 Å². The summed E-state index contributed by atoms with van der Waals surface area (Å²) in [4.78, 5) is 33.9. The Kier molecular flexibility index (Phi) is 6.92. The molecule has 9 heteroatoms. The maximum atomic E-state index is 14.6. The molecule has 0 atom stereocenters. The van der Waals surface area contributed by atoms with E-state index >= 15 is 0 Å². The average Bonchev–Trinajstić information content (AvgIpc) is 3.40. The van der Waals surface area contributed by atoms with E-state index in [1.165, 1.54) is 6.42 Å². The summed E-state index contributed by atoms with van der Waals surface area (Å²) in [6.45, 7) is 21.9. The quantitative estimate of drug-likeness (QED) is 0.477. The fourth-order valence-electron chi connectivity index (χ4n) is 7.51. The smallest absolute Gasteiger partial charge is 0.444 e. The number of anilines is 1. The second-order valence-corrected chi connectivity index (χ2v) is 16.3. The number of hydrogen-bond donors (Lipinski definition) is 0. The number of hydrogen-bond acceptors (Lipinski definition) is 6. The van der Waals surface area contributed by atoms with Crippen LogP contribution >= 0.6 is 0 Å². The van der Waals surface area contributed by atoms with Gasteiger partial charge in [-0.05, 0) is 110 Å². The van der Waals surface area contributed by atoms with Crippen LogP contribution in [0.25, 0.3) is 0 Å². The molecule has 1 spiro atoms. The van der Waals surface area contributed by atoms with Crippen LogP contribution in [0.15, 0.2) is 18.2 Å². The predicted octanol–water partition coefficient (Wildman–Crippen LogP) is 4.86. The first-order valence-electron chi connectivity index (χ1n) is 16.0. The van der Waals surface area contributed by atoms with E-state index < -0.39 is 29.3 Å². The Morgan fingerprint density at radius 2 is 1.55 bits per heavy atom. The van der Waals surface area contributed by atoms with Crippen LogP contribution in [0.1, 0.15) is 100.0 Å². The molecule has 6 rings (SSSR count). The zero-order valence-electron chi connectivity index (χ0n) is 27.2. The second kappa shape index (κ2) is 9.70. The minimum Gasteiger partial charge on any atom is -0.444 e. The highest BCUT2D eigenvalue weighted by Crippen LogP contribution is 2.51. The Balaban J connectivity index is 1.27. The van der Waals surface area contributed by atoms with Crippen molar-refractivity contribution in [2.24, 2.45) is 5.41 Å². The molecule has 0 radical (unpaired) electrons. The monoisotopic (exact) mass is 579 g/mol. The molecule has 42 heavy (non-hydrogen) atoms. The van der Waals surface area contributed by atoms with E-state index in [0.29, 0.717) is 37.4 Å². The van der Waals surface area contributed by atoms with Gasteiger partial charge in [0.1, 0.15) is 5.60 Å². The van der Waals surface area contributed by atoms with Gasteiger partial charge in [-0.25, -0.2) is 4.79 Å². The van der Waals surface area contributed by atoms with Crippen LogP contribution in [0.4, 0.5) is 10.5 Å². The number of carbonyl (C=O) groups is 2. The van der Waals surface area contributed by atoms with Crippen molar-refractivity contribution in [2.75, 3.05) is 31.1 Å². The van der Waals surface area contributed by atoms with E-state index in [4.69, 9.17) is 14.0 Å². The van der Waals surface area contributed by atoms with E-state index in [0.717, 1.165) is 42.6 Å². The zero-order valence-corrected chi connectivity index (χ0v) is 27.2. The lowest BCUT2D eigenvalue weighted by molar-refractivity contribution is -0.126. The van der Waals surface area contributed by atoms with E-state index in [1.807, 2.05) is 20.8 Å². The minimum atomic E-state index is -0.622. The molecule has 0 unspecified atom stereocenters. The van der Waals surface area contributed by atoms with Gasteiger partial charge in [0.2, 0.25) is 5.91 Å². The van der Waals surface area contributed by atoms with Crippen molar-refractivity contribution in [1.29, 1.82) is 0 Å². The van der Waals surface area contributed by atoms with Crippen LogP contribution in [0, 0.1) is 5.41 Å². The summed E-state index contributed by atoms with van der Waals surface area (Å²) in [6.07, 6.45) is 4.13. The molecule has 0 bridgehead atoms. The van der Waals surface area contributed by atoms with Crippen molar-refractivity contribution >= 4 is 30.3 Å². The van der Waals surface area contributed by atoms with Crippen LogP contribution in [0.5, 0.6) is 0 Å². The SMILES string of the molecule is CC1(C)CCN(C2CC(N3C(=O)C4(CCN(C(=O)OC(C)(C)C)CC4)c4ccc(B5OC(C)(C)C(C)(C)O5)cc43)C2)C1. The first-order chi connectivity index (χ1) is 19.4. The fraction of sp³-hybridized carbons (Fsp3) is 0.758. The number of fused-ring (bicyclic) bond motifs is 2. The average molecular weight is 580 g/mol. The summed E-state index contributed by atoms with van der Waals surface area (Å²) in [5.41, 5.74) is 1.36. The molecule has 4 heterocycles. The van der Waals surface area contributed by atoms with E-state index in [9.17, 15) is 9.59 Å². The van der Waals surface area contributed by atoms with E-state index in [2.05, 4.69) is 69.5 Å². The third kappa shape index (κ3) is 4.97. The fourth-order valence-corrected chi connectivity index (χ4v) is 7.51. The largest absolute Gasteiger partial charge is 0.494 e. The van der Waals surface area contributed by atoms with Gasteiger partial charge in [-0.3, -0.25) is 9.69 Å².